The molecule has 528 valence electrons. The highest BCUT2D eigenvalue weighted by Crippen LogP contribution is 2.45. The number of phosphoric ester groups is 2. The molecule has 2 unspecified atom stereocenters. The molecule has 0 aromatic rings. The van der Waals surface area contributed by atoms with Crippen molar-refractivity contribution in [1.82, 2.24) is 0 Å². The topological polar surface area (TPSA) is 237 Å². The predicted octanol–water partition coefficient (Wildman–Crippen LogP) is 20.0. The SMILES string of the molecule is CCCCCCCCCCCC(=O)O[C@H](COC(=O)CCCCCCCCCC)COP(=O)(O)OC[C@H](O)COP(=O)(O)OC[C@@H](COC(=O)CCCCCCCCCCCCCCCC(C)C)OC(=O)CCCCCCCCCCCCCCCC(C)C. The molecule has 0 fully saturated rings. The Morgan fingerprint density at radius 2 is 0.517 bits per heavy atom. The molecule has 0 amide bonds. The second-order valence-electron chi connectivity index (χ2n) is 26.2. The molecule has 0 aliphatic carbocycles. The lowest BCUT2D eigenvalue weighted by Crippen LogP contribution is -2.30. The van der Waals surface area contributed by atoms with E-state index in [0.29, 0.717) is 25.7 Å². The number of esters is 4. The third kappa shape index (κ3) is 64.6. The quantitative estimate of drug-likeness (QED) is 0.0222. The van der Waals surface area contributed by atoms with Crippen molar-refractivity contribution >= 4 is 39.5 Å². The van der Waals surface area contributed by atoms with Crippen molar-refractivity contribution in [2.75, 3.05) is 39.6 Å². The van der Waals surface area contributed by atoms with Crippen molar-refractivity contribution in [3.8, 4) is 0 Å². The first-order valence-corrected chi connectivity index (χ1v) is 39.5. The number of hydrogen-bond donors (Lipinski definition) is 3. The van der Waals surface area contributed by atoms with Crippen LogP contribution < -0.4 is 0 Å². The van der Waals surface area contributed by atoms with Gasteiger partial charge in [-0.15, -0.1) is 0 Å². The average molecular weight is 1310 g/mol. The van der Waals surface area contributed by atoms with E-state index in [1.807, 2.05) is 0 Å². The number of phosphoric acid groups is 2. The Morgan fingerprint density at radius 1 is 0.303 bits per heavy atom. The van der Waals surface area contributed by atoms with Gasteiger partial charge in [-0.05, 0) is 37.5 Å². The number of ether oxygens (including phenoxy) is 4. The van der Waals surface area contributed by atoms with Gasteiger partial charge in [0.15, 0.2) is 12.2 Å². The zero-order valence-electron chi connectivity index (χ0n) is 57.7. The lowest BCUT2D eigenvalue weighted by molar-refractivity contribution is -0.161. The summed E-state index contributed by atoms with van der Waals surface area (Å²) in [6.45, 7) is 9.54. The van der Waals surface area contributed by atoms with E-state index >= 15 is 0 Å². The summed E-state index contributed by atoms with van der Waals surface area (Å²) in [5.74, 6) is -0.549. The molecule has 89 heavy (non-hydrogen) atoms. The number of aliphatic hydroxyl groups is 1. The van der Waals surface area contributed by atoms with Gasteiger partial charge in [0.2, 0.25) is 0 Å². The summed E-state index contributed by atoms with van der Waals surface area (Å²) in [5.41, 5.74) is 0. The van der Waals surface area contributed by atoms with Gasteiger partial charge in [0.1, 0.15) is 19.3 Å². The number of unbranched alkanes of at least 4 members (excludes halogenated alkanes) is 39. The van der Waals surface area contributed by atoms with E-state index in [9.17, 15) is 43.2 Å². The van der Waals surface area contributed by atoms with Crippen LogP contribution in [0.2, 0.25) is 0 Å². The highest BCUT2D eigenvalue weighted by atomic mass is 31.2. The van der Waals surface area contributed by atoms with Crippen LogP contribution in [0.4, 0.5) is 0 Å². The molecule has 5 atom stereocenters. The highest BCUT2D eigenvalue weighted by Gasteiger charge is 2.30. The molecule has 0 aliphatic heterocycles. The molecule has 0 spiro atoms. The number of aliphatic hydroxyl groups excluding tert-OH is 1. The highest BCUT2D eigenvalue weighted by molar-refractivity contribution is 7.47. The van der Waals surface area contributed by atoms with Crippen molar-refractivity contribution in [3.05, 3.63) is 0 Å². The summed E-state index contributed by atoms with van der Waals surface area (Å²) in [6.07, 6.45) is 47.2. The van der Waals surface area contributed by atoms with Crippen molar-refractivity contribution in [3.63, 3.8) is 0 Å². The number of hydrogen-bond acceptors (Lipinski definition) is 15. The standard InChI is InChI=1S/C70H136O17P2/c1-7-9-11-13-15-27-36-42-48-54-69(74)86-65(58-80-67(72)52-46-40-34-16-14-12-10-8-2)60-84-88(76,77)82-56-64(71)57-83-89(78,79)85-61-66(87-70(75)55-49-43-37-31-26-22-18-20-24-29-33-39-45-51-63(5)6)59-81-68(73)53-47-41-35-30-25-21-17-19-23-28-32-38-44-50-62(3)4/h62-66,71H,7-61H2,1-6H3,(H,76,77)(H,78,79)/t64-,65+,66+/m0/s1. The van der Waals surface area contributed by atoms with E-state index in [-0.39, 0.29) is 25.7 Å². The molecule has 0 heterocycles. The summed E-state index contributed by atoms with van der Waals surface area (Å²) in [6, 6.07) is 0. The molecular formula is C70H136O17P2. The van der Waals surface area contributed by atoms with Gasteiger partial charge < -0.3 is 33.8 Å². The zero-order valence-corrected chi connectivity index (χ0v) is 59.5. The second-order valence-corrected chi connectivity index (χ2v) is 29.1. The Balaban J connectivity index is 5.20. The van der Waals surface area contributed by atoms with Gasteiger partial charge in [-0.2, -0.15) is 0 Å². The molecule has 0 rings (SSSR count). The van der Waals surface area contributed by atoms with Gasteiger partial charge in [0.05, 0.1) is 26.4 Å². The molecular weight excluding hydrogens is 1170 g/mol. The molecule has 3 N–H and O–H groups in total. The van der Waals surface area contributed by atoms with Gasteiger partial charge in [0, 0.05) is 25.7 Å². The Labute approximate surface area is 543 Å². The zero-order chi connectivity index (χ0) is 65.7. The van der Waals surface area contributed by atoms with E-state index in [0.717, 1.165) is 108 Å². The van der Waals surface area contributed by atoms with Crippen LogP contribution in [0.15, 0.2) is 0 Å². The van der Waals surface area contributed by atoms with E-state index in [1.54, 1.807) is 0 Å². The van der Waals surface area contributed by atoms with Crippen LogP contribution in [0, 0.1) is 11.8 Å². The number of carbonyl (C=O) groups is 4. The Bertz CT molecular complexity index is 1730. The Morgan fingerprint density at radius 3 is 0.764 bits per heavy atom. The summed E-state index contributed by atoms with van der Waals surface area (Å²) in [4.78, 5) is 72.4. The average Bonchev–Trinajstić information content (AvgIpc) is 3.58. The molecule has 19 heteroatoms. The monoisotopic (exact) mass is 1310 g/mol. The van der Waals surface area contributed by atoms with Crippen LogP contribution in [0.1, 0.15) is 356 Å². The first kappa shape index (κ1) is 87.1. The smallest absolute Gasteiger partial charge is 0.462 e. The van der Waals surface area contributed by atoms with Gasteiger partial charge >= 0.3 is 39.5 Å². The Hall–Kier alpha value is -1.94. The number of carbonyl (C=O) groups excluding carboxylic acids is 4. The van der Waals surface area contributed by atoms with Crippen LogP contribution in [-0.2, 0) is 65.4 Å². The fourth-order valence-electron chi connectivity index (χ4n) is 10.6. The Kier molecular flexibility index (Phi) is 60.8. The first-order chi connectivity index (χ1) is 42.9. The fraction of sp³-hybridized carbons (Fsp3) is 0.943. The van der Waals surface area contributed by atoms with Crippen LogP contribution >= 0.6 is 15.6 Å². The minimum Gasteiger partial charge on any atom is -0.462 e. The minimum atomic E-state index is -4.95. The lowest BCUT2D eigenvalue weighted by atomic mass is 10.0. The van der Waals surface area contributed by atoms with Gasteiger partial charge in [0.25, 0.3) is 0 Å². The first-order valence-electron chi connectivity index (χ1n) is 36.5. The molecule has 0 aromatic heterocycles. The van der Waals surface area contributed by atoms with Crippen LogP contribution in [0.3, 0.4) is 0 Å². The van der Waals surface area contributed by atoms with Crippen LogP contribution in [0.25, 0.3) is 0 Å². The normalized spacial score (nSPS) is 14.1. The van der Waals surface area contributed by atoms with Crippen molar-refractivity contribution in [1.29, 1.82) is 0 Å². The van der Waals surface area contributed by atoms with Crippen molar-refractivity contribution < 1.29 is 80.2 Å². The van der Waals surface area contributed by atoms with Crippen LogP contribution in [0.5, 0.6) is 0 Å². The minimum absolute atomic E-state index is 0.106. The van der Waals surface area contributed by atoms with E-state index in [4.69, 9.17) is 37.0 Å². The molecule has 0 radical (unpaired) electrons. The van der Waals surface area contributed by atoms with Crippen molar-refractivity contribution in [2.24, 2.45) is 11.8 Å². The third-order valence-corrected chi connectivity index (χ3v) is 18.1. The fourth-order valence-corrected chi connectivity index (χ4v) is 12.2. The number of rotatable bonds is 69. The van der Waals surface area contributed by atoms with Gasteiger partial charge in [-0.1, -0.05) is 305 Å². The molecule has 0 saturated carbocycles. The molecule has 17 nitrogen and oxygen atoms in total. The molecule has 0 saturated heterocycles. The summed E-state index contributed by atoms with van der Waals surface area (Å²) in [7, 11) is -9.89. The summed E-state index contributed by atoms with van der Waals surface area (Å²) < 4.78 is 68.2. The van der Waals surface area contributed by atoms with E-state index in [1.165, 1.54) is 167 Å². The molecule has 0 aliphatic rings. The molecule has 0 bridgehead atoms. The summed E-state index contributed by atoms with van der Waals surface area (Å²) >= 11 is 0. The van der Waals surface area contributed by atoms with Gasteiger partial charge in [-0.25, -0.2) is 9.13 Å². The van der Waals surface area contributed by atoms with E-state index < -0.39 is 97.5 Å². The second kappa shape index (κ2) is 62.2. The maximum Gasteiger partial charge on any atom is 0.472 e. The van der Waals surface area contributed by atoms with Gasteiger partial charge in [-0.3, -0.25) is 37.3 Å². The largest absolute Gasteiger partial charge is 0.472 e. The third-order valence-electron chi connectivity index (χ3n) is 16.2. The predicted molar refractivity (Wildman–Crippen MR) is 358 cm³/mol. The maximum atomic E-state index is 13.0. The van der Waals surface area contributed by atoms with Crippen LogP contribution in [-0.4, -0.2) is 96.7 Å². The maximum absolute atomic E-state index is 13.0. The molecule has 0 aromatic carbocycles. The lowest BCUT2D eigenvalue weighted by Gasteiger charge is -2.21. The van der Waals surface area contributed by atoms with E-state index in [2.05, 4.69) is 41.5 Å². The van der Waals surface area contributed by atoms with Crippen molar-refractivity contribution in [2.45, 2.75) is 374 Å². The summed E-state index contributed by atoms with van der Waals surface area (Å²) in [5, 5.41) is 10.6.